The number of allylic oxidation sites excluding steroid dienone is 2. The minimum atomic E-state index is -0.325. The fourth-order valence-electron chi connectivity index (χ4n) is 1.83. The Labute approximate surface area is 108 Å². The molecule has 96 valence electrons. The first-order chi connectivity index (χ1) is 8.25. The van der Waals surface area contributed by atoms with Crippen LogP contribution in [0.15, 0.2) is 23.8 Å². The van der Waals surface area contributed by atoms with Crippen LogP contribution in [0.5, 0.6) is 0 Å². The van der Waals surface area contributed by atoms with Crippen molar-refractivity contribution in [3.05, 3.63) is 56.2 Å². The molecule has 0 saturated heterocycles. The van der Waals surface area contributed by atoms with Crippen LogP contribution >= 0.6 is 0 Å². The van der Waals surface area contributed by atoms with E-state index in [0.717, 1.165) is 33.4 Å². The van der Waals surface area contributed by atoms with E-state index in [4.69, 9.17) is 0 Å². The number of benzene rings is 1. The lowest BCUT2D eigenvalue weighted by molar-refractivity contribution is -0.385. The Morgan fingerprint density at radius 1 is 1.28 bits per heavy atom. The molecule has 1 aromatic rings. The van der Waals surface area contributed by atoms with E-state index in [1.165, 1.54) is 0 Å². The zero-order valence-corrected chi connectivity index (χ0v) is 11.6. The summed E-state index contributed by atoms with van der Waals surface area (Å²) in [5.74, 6) is 0. The zero-order valence-electron chi connectivity index (χ0n) is 11.6. The highest BCUT2D eigenvalue weighted by molar-refractivity contribution is 5.67. The molecule has 0 aliphatic carbocycles. The summed E-state index contributed by atoms with van der Waals surface area (Å²) in [5, 5.41) is 10.9. The van der Waals surface area contributed by atoms with E-state index in [2.05, 4.69) is 6.58 Å². The van der Waals surface area contributed by atoms with E-state index >= 15 is 0 Å². The van der Waals surface area contributed by atoms with Crippen LogP contribution < -0.4 is 0 Å². The predicted octanol–water partition coefficient (Wildman–Crippen LogP) is 4.50. The molecule has 0 heterocycles. The molecule has 1 aromatic carbocycles. The first-order valence-corrected chi connectivity index (χ1v) is 5.85. The quantitative estimate of drug-likeness (QED) is 0.447. The number of nitro benzene ring substituents is 1. The van der Waals surface area contributed by atoms with Gasteiger partial charge in [-0.1, -0.05) is 18.2 Å². The molecule has 0 radical (unpaired) electrons. The second kappa shape index (κ2) is 5.17. The summed E-state index contributed by atoms with van der Waals surface area (Å²) in [4.78, 5) is 10.6. The van der Waals surface area contributed by atoms with Gasteiger partial charge in [0.2, 0.25) is 0 Å². The van der Waals surface area contributed by atoms with Crippen molar-refractivity contribution in [1.29, 1.82) is 0 Å². The highest BCUT2D eigenvalue weighted by atomic mass is 16.6. The summed E-state index contributed by atoms with van der Waals surface area (Å²) in [7, 11) is 0. The van der Waals surface area contributed by atoms with Gasteiger partial charge in [0.1, 0.15) is 0 Å². The number of hydrogen-bond donors (Lipinski definition) is 0. The lowest BCUT2D eigenvalue weighted by Crippen LogP contribution is -1.99. The smallest absolute Gasteiger partial charge is 0.258 e. The molecular formula is C15H19NO2. The molecule has 0 unspecified atom stereocenters. The molecule has 0 atom stereocenters. The van der Waals surface area contributed by atoms with Crippen molar-refractivity contribution < 1.29 is 4.92 Å². The summed E-state index contributed by atoms with van der Waals surface area (Å²) in [5.41, 5.74) is 5.95. The molecule has 1 rings (SSSR count). The molecule has 18 heavy (non-hydrogen) atoms. The van der Waals surface area contributed by atoms with E-state index in [1.54, 1.807) is 13.0 Å². The average molecular weight is 245 g/mol. The monoisotopic (exact) mass is 245 g/mol. The minimum absolute atomic E-state index is 0.190. The van der Waals surface area contributed by atoms with Gasteiger partial charge in [-0.15, -0.1) is 0 Å². The summed E-state index contributed by atoms with van der Waals surface area (Å²) in [6, 6.07) is 1.64. The molecule has 0 aliphatic heterocycles. The predicted molar refractivity (Wildman–Crippen MR) is 75.8 cm³/mol. The van der Waals surface area contributed by atoms with Gasteiger partial charge in [-0.3, -0.25) is 10.1 Å². The molecule has 0 N–H and O–H groups in total. The third-order valence-corrected chi connectivity index (χ3v) is 3.36. The van der Waals surface area contributed by atoms with Crippen molar-refractivity contribution in [2.75, 3.05) is 0 Å². The van der Waals surface area contributed by atoms with Gasteiger partial charge < -0.3 is 0 Å². The maximum atomic E-state index is 10.9. The van der Waals surface area contributed by atoms with Crippen molar-refractivity contribution in [2.24, 2.45) is 0 Å². The van der Waals surface area contributed by atoms with Gasteiger partial charge in [0.05, 0.1) is 4.92 Å². The minimum Gasteiger partial charge on any atom is -0.258 e. The number of rotatable bonds is 3. The summed E-state index contributed by atoms with van der Waals surface area (Å²) in [6.45, 7) is 13.5. The van der Waals surface area contributed by atoms with Gasteiger partial charge in [0, 0.05) is 11.6 Å². The van der Waals surface area contributed by atoms with Crippen LogP contribution in [0.3, 0.4) is 0 Å². The molecular weight excluding hydrogens is 226 g/mol. The van der Waals surface area contributed by atoms with Crippen molar-refractivity contribution >= 4 is 11.8 Å². The second-order valence-electron chi connectivity index (χ2n) is 4.74. The van der Waals surface area contributed by atoms with Crippen LogP contribution in [-0.2, 0) is 0 Å². The lowest BCUT2D eigenvalue weighted by Gasteiger charge is -2.11. The van der Waals surface area contributed by atoms with E-state index < -0.39 is 0 Å². The number of aryl methyl sites for hydroxylation is 1. The summed E-state index contributed by atoms with van der Waals surface area (Å²) >= 11 is 0. The third-order valence-electron chi connectivity index (χ3n) is 3.36. The number of nitrogens with zero attached hydrogens (tertiary/aromatic N) is 1. The van der Waals surface area contributed by atoms with Crippen LogP contribution in [0, 0.1) is 30.9 Å². The Balaban J connectivity index is 3.50. The topological polar surface area (TPSA) is 43.1 Å². The summed E-state index contributed by atoms with van der Waals surface area (Å²) < 4.78 is 0. The molecule has 0 spiro atoms. The second-order valence-corrected chi connectivity index (χ2v) is 4.74. The number of hydrogen-bond acceptors (Lipinski definition) is 2. The zero-order chi connectivity index (χ0) is 14.0. The van der Waals surface area contributed by atoms with Crippen molar-refractivity contribution in [2.45, 2.75) is 34.6 Å². The van der Waals surface area contributed by atoms with Crippen LogP contribution in [0.1, 0.15) is 36.1 Å². The Kier molecular flexibility index (Phi) is 4.07. The molecule has 3 nitrogen and oxygen atoms in total. The van der Waals surface area contributed by atoms with E-state index in [9.17, 15) is 10.1 Å². The molecule has 0 saturated carbocycles. The maximum absolute atomic E-state index is 10.9. The van der Waals surface area contributed by atoms with Crippen LogP contribution in [0.4, 0.5) is 5.69 Å². The van der Waals surface area contributed by atoms with Crippen molar-refractivity contribution in [1.82, 2.24) is 0 Å². The highest BCUT2D eigenvalue weighted by Gasteiger charge is 2.16. The fourth-order valence-corrected chi connectivity index (χ4v) is 1.83. The SMILES string of the molecule is C=C(C)C(C)=Cc1c(C)cc([N+](=O)[O-])c(C)c1C. The highest BCUT2D eigenvalue weighted by Crippen LogP contribution is 2.29. The Morgan fingerprint density at radius 2 is 1.83 bits per heavy atom. The molecule has 0 fully saturated rings. The molecule has 0 amide bonds. The molecule has 0 aliphatic rings. The van der Waals surface area contributed by atoms with Crippen molar-refractivity contribution in [3.8, 4) is 0 Å². The van der Waals surface area contributed by atoms with Gasteiger partial charge in [-0.25, -0.2) is 0 Å². The molecule has 0 bridgehead atoms. The average Bonchev–Trinajstić information content (AvgIpc) is 2.28. The van der Waals surface area contributed by atoms with Gasteiger partial charge in [0.25, 0.3) is 5.69 Å². The Bertz CT molecular complexity index is 554. The van der Waals surface area contributed by atoms with Gasteiger partial charge in [-0.05, 0) is 56.9 Å². The molecule has 0 aromatic heterocycles. The van der Waals surface area contributed by atoms with Gasteiger partial charge in [-0.2, -0.15) is 0 Å². The van der Waals surface area contributed by atoms with E-state index in [-0.39, 0.29) is 10.6 Å². The van der Waals surface area contributed by atoms with Gasteiger partial charge in [0.15, 0.2) is 0 Å². The third kappa shape index (κ3) is 2.67. The maximum Gasteiger partial charge on any atom is 0.272 e. The van der Waals surface area contributed by atoms with Crippen LogP contribution in [0.25, 0.3) is 6.08 Å². The molecule has 3 heteroatoms. The first-order valence-electron chi connectivity index (χ1n) is 5.85. The first kappa shape index (κ1) is 14.2. The normalized spacial score (nSPS) is 11.5. The van der Waals surface area contributed by atoms with E-state index in [0.29, 0.717) is 0 Å². The summed E-state index contributed by atoms with van der Waals surface area (Å²) in [6.07, 6.45) is 2.05. The Hall–Kier alpha value is -1.90. The van der Waals surface area contributed by atoms with E-state index in [1.807, 2.05) is 33.8 Å². The Morgan fingerprint density at radius 3 is 2.28 bits per heavy atom. The largest absolute Gasteiger partial charge is 0.272 e. The fraction of sp³-hybridized carbons (Fsp3) is 0.333. The standard InChI is InChI=1S/C15H19NO2/c1-9(2)10(3)7-14-11(4)8-15(16(17)18)13(6)12(14)5/h7-8H,1H2,2-6H3. The van der Waals surface area contributed by atoms with Crippen LogP contribution in [0.2, 0.25) is 0 Å². The number of nitro groups is 1. The van der Waals surface area contributed by atoms with Crippen molar-refractivity contribution in [3.63, 3.8) is 0 Å². The van der Waals surface area contributed by atoms with Gasteiger partial charge >= 0.3 is 0 Å². The lowest BCUT2D eigenvalue weighted by atomic mass is 9.94. The van der Waals surface area contributed by atoms with Crippen LogP contribution in [-0.4, -0.2) is 4.92 Å².